The summed E-state index contributed by atoms with van der Waals surface area (Å²) in [4.78, 5) is 12.8. The summed E-state index contributed by atoms with van der Waals surface area (Å²) in [5.74, 6) is 0.190. The maximum Gasteiger partial charge on any atom is 0.259 e. The summed E-state index contributed by atoms with van der Waals surface area (Å²) in [6.07, 6.45) is 1.48. The molecule has 0 atom stereocenters. The molecule has 1 aromatic heterocycles. The van der Waals surface area contributed by atoms with Crippen LogP contribution in [0.15, 0.2) is 79.1 Å². The summed E-state index contributed by atoms with van der Waals surface area (Å²) in [6.45, 7) is 0.263. The van der Waals surface area contributed by atoms with Crippen LogP contribution in [0.1, 0.15) is 15.9 Å². The Bertz CT molecular complexity index is 1130. The summed E-state index contributed by atoms with van der Waals surface area (Å²) < 4.78 is 7.38. The number of hydrogen-bond acceptors (Lipinski definition) is 5. The van der Waals surface area contributed by atoms with Crippen molar-refractivity contribution >= 4 is 23.2 Å². The molecule has 0 bridgehead atoms. The molecule has 0 aliphatic heterocycles. The zero-order valence-corrected chi connectivity index (χ0v) is 16.0. The number of benzene rings is 3. The number of carbonyl (C=O) groups is 1. The molecule has 4 rings (SSSR count). The monoisotopic (exact) mass is 405 g/mol. The smallest absolute Gasteiger partial charge is 0.259 e. The Balaban J connectivity index is 1.51. The highest BCUT2D eigenvalue weighted by atomic mass is 35.5. The van der Waals surface area contributed by atoms with Crippen LogP contribution in [0.25, 0.3) is 5.69 Å². The number of hydrogen-bond donors (Lipinski definition) is 1. The molecule has 3 aromatic carbocycles. The predicted molar refractivity (Wildman–Crippen MR) is 109 cm³/mol. The van der Waals surface area contributed by atoms with E-state index in [4.69, 9.17) is 16.3 Å². The number of nitrogens with zero attached hydrogens (tertiary/aromatic N) is 4. The van der Waals surface area contributed by atoms with E-state index in [1.165, 1.54) is 11.0 Å². The van der Waals surface area contributed by atoms with E-state index in [2.05, 4.69) is 20.8 Å². The van der Waals surface area contributed by atoms with E-state index in [1.807, 2.05) is 36.4 Å². The van der Waals surface area contributed by atoms with Gasteiger partial charge in [0.15, 0.2) is 0 Å². The first kappa shape index (κ1) is 18.6. The molecule has 1 amide bonds. The third-order valence-electron chi connectivity index (χ3n) is 4.19. The van der Waals surface area contributed by atoms with Gasteiger partial charge in [-0.1, -0.05) is 48.0 Å². The number of nitrogens with one attached hydrogen (secondary N) is 1. The van der Waals surface area contributed by atoms with E-state index in [-0.39, 0.29) is 12.5 Å². The van der Waals surface area contributed by atoms with E-state index in [9.17, 15) is 4.79 Å². The molecule has 0 saturated carbocycles. The minimum Gasteiger partial charge on any atom is -0.488 e. The van der Waals surface area contributed by atoms with Crippen LogP contribution in [-0.4, -0.2) is 26.1 Å². The number of halogens is 1. The SMILES string of the molecule is O=C(Nc1cccc(-n2cnnn2)c1)c1ccccc1OCc1ccccc1Cl. The third kappa shape index (κ3) is 4.41. The van der Waals surface area contributed by atoms with Crippen molar-refractivity contribution in [2.24, 2.45) is 0 Å². The predicted octanol–water partition coefficient (Wildman–Crippen LogP) is 4.15. The molecule has 0 spiro atoms. The number of rotatable bonds is 6. The van der Waals surface area contributed by atoms with Crippen molar-refractivity contribution in [2.45, 2.75) is 6.61 Å². The lowest BCUT2D eigenvalue weighted by Crippen LogP contribution is -2.14. The molecular formula is C21H16ClN5O2. The Labute approximate surface area is 171 Å². The molecule has 0 unspecified atom stereocenters. The van der Waals surface area contributed by atoms with Crippen LogP contribution in [0.5, 0.6) is 5.75 Å². The lowest BCUT2D eigenvalue weighted by Gasteiger charge is -2.13. The fourth-order valence-corrected chi connectivity index (χ4v) is 2.95. The van der Waals surface area contributed by atoms with Gasteiger partial charge in [-0.3, -0.25) is 4.79 Å². The van der Waals surface area contributed by atoms with Crippen LogP contribution in [-0.2, 0) is 6.61 Å². The number of amides is 1. The highest BCUT2D eigenvalue weighted by molar-refractivity contribution is 6.31. The fourth-order valence-electron chi connectivity index (χ4n) is 2.76. The van der Waals surface area contributed by atoms with Gasteiger partial charge < -0.3 is 10.1 Å². The molecular weight excluding hydrogens is 390 g/mol. The van der Waals surface area contributed by atoms with Gasteiger partial charge >= 0.3 is 0 Å². The van der Waals surface area contributed by atoms with Crippen LogP contribution >= 0.6 is 11.6 Å². The van der Waals surface area contributed by atoms with Gasteiger partial charge in [0.05, 0.1) is 11.3 Å². The van der Waals surface area contributed by atoms with Gasteiger partial charge in [-0.25, -0.2) is 4.68 Å². The van der Waals surface area contributed by atoms with Crippen molar-refractivity contribution in [3.8, 4) is 11.4 Å². The van der Waals surface area contributed by atoms with Crippen LogP contribution in [0, 0.1) is 0 Å². The Morgan fingerprint density at radius 2 is 1.86 bits per heavy atom. The van der Waals surface area contributed by atoms with Crippen LogP contribution in [0.4, 0.5) is 5.69 Å². The molecule has 144 valence electrons. The van der Waals surface area contributed by atoms with Crippen molar-refractivity contribution in [2.75, 3.05) is 5.32 Å². The summed E-state index contributed by atoms with van der Waals surface area (Å²) in [5, 5.41) is 14.6. The van der Waals surface area contributed by atoms with Gasteiger partial charge in [0.1, 0.15) is 18.7 Å². The van der Waals surface area contributed by atoms with E-state index in [0.29, 0.717) is 22.0 Å². The second kappa shape index (κ2) is 8.53. The number of aromatic nitrogens is 4. The second-order valence-electron chi connectivity index (χ2n) is 6.14. The molecule has 4 aromatic rings. The van der Waals surface area contributed by atoms with E-state index in [1.54, 1.807) is 36.4 Å². The first-order valence-corrected chi connectivity index (χ1v) is 9.18. The standard InChI is InChI=1S/C21H16ClN5O2/c22-19-10-3-1-6-15(19)13-29-20-11-4-2-9-18(20)21(28)24-16-7-5-8-17(12-16)27-14-23-25-26-27/h1-12,14H,13H2,(H,24,28). The van der Waals surface area contributed by atoms with Gasteiger partial charge in [-0.2, -0.15) is 0 Å². The van der Waals surface area contributed by atoms with E-state index < -0.39 is 0 Å². The molecule has 7 nitrogen and oxygen atoms in total. The zero-order chi connectivity index (χ0) is 20.1. The summed E-state index contributed by atoms with van der Waals surface area (Å²) in [6, 6.07) is 21.7. The molecule has 0 fully saturated rings. The quantitative estimate of drug-likeness (QED) is 0.521. The number of para-hydroxylation sites is 1. The molecule has 29 heavy (non-hydrogen) atoms. The molecule has 0 radical (unpaired) electrons. The summed E-state index contributed by atoms with van der Waals surface area (Å²) >= 11 is 6.18. The fraction of sp³-hybridized carbons (Fsp3) is 0.0476. The Hall–Kier alpha value is -3.71. The van der Waals surface area contributed by atoms with Crippen LogP contribution in [0.2, 0.25) is 5.02 Å². The minimum atomic E-state index is -0.284. The maximum atomic E-state index is 12.8. The van der Waals surface area contributed by atoms with Crippen molar-refractivity contribution in [1.29, 1.82) is 0 Å². The Morgan fingerprint density at radius 3 is 2.69 bits per heavy atom. The van der Waals surface area contributed by atoms with E-state index in [0.717, 1.165) is 11.3 Å². The highest BCUT2D eigenvalue weighted by Crippen LogP contribution is 2.23. The lowest BCUT2D eigenvalue weighted by atomic mass is 10.1. The number of tetrazole rings is 1. The summed E-state index contributed by atoms with van der Waals surface area (Å²) in [5.41, 5.74) is 2.62. The molecule has 1 N–H and O–H groups in total. The van der Waals surface area contributed by atoms with Crippen molar-refractivity contribution < 1.29 is 9.53 Å². The van der Waals surface area contributed by atoms with Crippen LogP contribution in [0.3, 0.4) is 0 Å². The molecule has 8 heteroatoms. The number of ether oxygens (including phenoxy) is 1. The lowest BCUT2D eigenvalue weighted by molar-refractivity contribution is 0.102. The Kier molecular flexibility index (Phi) is 5.49. The number of anilines is 1. The topological polar surface area (TPSA) is 81.9 Å². The van der Waals surface area contributed by atoms with Crippen molar-refractivity contribution in [1.82, 2.24) is 20.2 Å². The van der Waals surface area contributed by atoms with Crippen LogP contribution < -0.4 is 10.1 Å². The summed E-state index contributed by atoms with van der Waals surface area (Å²) in [7, 11) is 0. The largest absolute Gasteiger partial charge is 0.488 e. The highest BCUT2D eigenvalue weighted by Gasteiger charge is 2.13. The van der Waals surface area contributed by atoms with Gasteiger partial charge in [-0.05, 0) is 46.8 Å². The third-order valence-corrected chi connectivity index (χ3v) is 4.56. The van der Waals surface area contributed by atoms with Gasteiger partial charge in [0.2, 0.25) is 0 Å². The first-order chi connectivity index (χ1) is 14.2. The minimum absolute atomic E-state index is 0.263. The van der Waals surface area contributed by atoms with Gasteiger partial charge in [-0.15, -0.1) is 5.10 Å². The average molecular weight is 406 g/mol. The molecule has 0 aliphatic carbocycles. The Morgan fingerprint density at radius 1 is 1.03 bits per heavy atom. The van der Waals surface area contributed by atoms with Gasteiger partial charge in [0.25, 0.3) is 5.91 Å². The molecule has 1 heterocycles. The van der Waals surface area contributed by atoms with Gasteiger partial charge in [0, 0.05) is 16.3 Å². The van der Waals surface area contributed by atoms with E-state index >= 15 is 0 Å². The zero-order valence-electron chi connectivity index (χ0n) is 15.2. The average Bonchev–Trinajstić information content (AvgIpc) is 3.29. The van der Waals surface area contributed by atoms with Crippen molar-refractivity contribution in [3.05, 3.63) is 95.3 Å². The number of carbonyl (C=O) groups excluding carboxylic acids is 1. The molecule has 0 saturated heterocycles. The second-order valence-corrected chi connectivity index (χ2v) is 6.54. The first-order valence-electron chi connectivity index (χ1n) is 8.81. The normalized spacial score (nSPS) is 10.5. The molecule has 0 aliphatic rings. The maximum absolute atomic E-state index is 12.8. The van der Waals surface area contributed by atoms with Crippen molar-refractivity contribution in [3.63, 3.8) is 0 Å².